The number of carbonyl (C=O) groups excluding carboxylic acids is 1. The Labute approximate surface area is 176 Å². The molecule has 1 aliphatic heterocycles. The van der Waals surface area contributed by atoms with Crippen molar-refractivity contribution in [3.63, 3.8) is 0 Å². The lowest BCUT2D eigenvalue weighted by Gasteiger charge is -2.37. The van der Waals surface area contributed by atoms with Gasteiger partial charge in [0, 0.05) is 50.2 Å². The Hall–Kier alpha value is -2.86. The monoisotopic (exact) mass is 409 g/mol. The normalized spacial score (nSPS) is 17.3. The maximum absolute atomic E-state index is 14.0. The standard InChI is InChI=1S/C24H28FN3O2/c1-26(19-8-6-12-28(16-19)15-18-7-4-5-9-21(18)25)24(29)23-13-17-10-11-20(30-3)14-22(17)27(23)2/h4-5,7,9-11,13-14,19H,6,8,12,15-16H2,1-3H3. The van der Waals surface area contributed by atoms with Gasteiger partial charge in [0.15, 0.2) is 0 Å². The molecule has 1 aliphatic rings. The van der Waals surface area contributed by atoms with Gasteiger partial charge in [0.05, 0.1) is 12.6 Å². The minimum absolute atomic E-state index is 0.00501. The van der Waals surface area contributed by atoms with Crippen LogP contribution in [0.15, 0.2) is 48.5 Å². The number of likely N-dealkylation sites (tertiary alicyclic amines) is 1. The maximum Gasteiger partial charge on any atom is 0.270 e. The molecule has 158 valence electrons. The SMILES string of the molecule is COc1ccc2cc(C(=O)N(C)C3CCCN(Cc4ccccc4F)C3)n(C)c2c1. The lowest BCUT2D eigenvalue weighted by atomic mass is 10.0. The predicted octanol–water partition coefficient (Wildman–Crippen LogP) is 4.06. The second-order valence-electron chi connectivity index (χ2n) is 8.05. The fourth-order valence-corrected chi connectivity index (χ4v) is 4.35. The van der Waals surface area contributed by atoms with E-state index in [1.54, 1.807) is 13.2 Å². The molecule has 0 N–H and O–H groups in total. The molecule has 1 atom stereocenters. The van der Waals surface area contributed by atoms with Crippen LogP contribution in [0.2, 0.25) is 0 Å². The first-order valence-corrected chi connectivity index (χ1v) is 10.3. The smallest absolute Gasteiger partial charge is 0.270 e. The van der Waals surface area contributed by atoms with E-state index >= 15 is 0 Å². The molecule has 0 saturated carbocycles. The van der Waals surface area contributed by atoms with E-state index in [0.29, 0.717) is 17.8 Å². The van der Waals surface area contributed by atoms with Gasteiger partial charge < -0.3 is 14.2 Å². The highest BCUT2D eigenvalue weighted by atomic mass is 19.1. The van der Waals surface area contributed by atoms with E-state index in [-0.39, 0.29) is 17.8 Å². The van der Waals surface area contributed by atoms with Gasteiger partial charge in [-0.1, -0.05) is 18.2 Å². The Morgan fingerprint density at radius 2 is 2.03 bits per heavy atom. The number of piperidine rings is 1. The van der Waals surface area contributed by atoms with Crippen LogP contribution in [0.25, 0.3) is 10.9 Å². The first-order chi connectivity index (χ1) is 14.5. The van der Waals surface area contributed by atoms with Crippen LogP contribution in [0.5, 0.6) is 5.75 Å². The van der Waals surface area contributed by atoms with Gasteiger partial charge in [-0.3, -0.25) is 9.69 Å². The summed E-state index contributed by atoms with van der Waals surface area (Å²) >= 11 is 0. The lowest BCUT2D eigenvalue weighted by Crippen LogP contribution is -2.48. The van der Waals surface area contributed by atoms with Crippen molar-refractivity contribution in [2.24, 2.45) is 7.05 Å². The minimum atomic E-state index is -0.171. The first kappa shape index (κ1) is 20.4. The Kier molecular flexibility index (Phi) is 5.77. The van der Waals surface area contributed by atoms with Crippen LogP contribution in [0.3, 0.4) is 0 Å². The highest BCUT2D eigenvalue weighted by molar-refractivity contribution is 5.99. The van der Waals surface area contributed by atoms with E-state index in [1.807, 2.05) is 60.0 Å². The summed E-state index contributed by atoms with van der Waals surface area (Å²) in [7, 11) is 5.42. The van der Waals surface area contributed by atoms with Crippen molar-refractivity contribution in [1.29, 1.82) is 0 Å². The average molecular weight is 410 g/mol. The summed E-state index contributed by atoms with van der Waals surface area (Å²) in [6.07, 6.45) is 1.94. The van der Waals surface area contributed by atoms with Crippen LogP contribution in [-0.4, -0.2) is 53.6 Å². The summed E-state index contributed by atoms with van der Waals surface area (Å²) in [4.78, 5) is 17.4. The third kappa shape index (κ3) is 3.92. The van der Waals surface area contributed by atoms with E-state index in [1.165, 1.54) is 6.07 Å². The number of likely N-dealkylation sites (N-methyl/N-ethyl adjacent to an activating group) is 1. The van der Waals surface area contributed by atoms with E-state index in [9.17, 15) is 9.18 Å². The van der Waals surface area contributed by atoms with Crippen LogP contribution < -0.4 is 4.74 Å². The molecule has 6 heteroatoms. The molecule has 1 saturated heterocycles. The molecule has 2 aromatic carbocycles. The predicted molar refractivity (Wildman–Crippen MR) is 116 cm³/mol. The highest BCUT2D eigenvalue weighted by Gasteiger charge is 2.28. The molecule has 30 heavy (non-hydrogen) atoms. The minimum Gasteiger partial charge on any atom is -0.497 e. The average Bonchev–Trinajstić information content (AvgIpc) is 3.10. The quantitative estimate of drug-likeness (QED) is 0.638. The van der Waals surface area contributed by atoms with Crippen molar-refractivity contribution in [1.82, 2.24) is 14.4 Å². The van der Waals surface area contributed by atoms with Crippen molar-refractivity contribution in [2.45, 2.75) is 25.4 Å². The van der Waals surface area contributed by atoms with Crippen molar-refractivity contribution in [3.8, 4) is 5.75 Å². The number of rotatable bonds is 5. The van der Waals surface area contributed by atoms with Crippen LogP contribution in [0.1, 0.15) is 28.9 Å². The zero-order valence-electron chi connectivity index (χ0n) is 17.8. The van der Waals surface area contributed by atoms with E-state index in [2.05, 4.69) is 4.90 Å². The number of hydrogen-bond acceptors (Lipinski definition) is 3. The number of fused-ring (bicyclic) bond motifs is 1. The van der Waals surface area contributed by atoms with Gasteiger partial charge >= 0.3 is 0 Å². The van der Waals surface area contributed by atoms with Crippen molar-refractivity contribution >= 4 is 16.8 Å². The second kappa shape index (κ2) is 8.48. The molecule has 0 radical (unpaired) electrons. The van der Waals surface area contributed by atoms with Gasteiger partial charge in [-0.25, -0.2) is 4.39 Å². The fraction of sp³-hybridized carbons (Fsp3) is 0.375. The van der Waals surface area contributed by atoms with Gasteiger partial charge in [-0.05, 0) is 43.7 Å². The Morgan fingerprint density at radius 3 is 2.80 bits per heavy atom. The topological polar surface area (TPSA) is 37.7 Å². The number of benzene rings is 2. The summed E-state index contributed by atoms with van der Waals surface area (Å²) in [5, 5.41) is 1.01. The maximum atomic E-state index is 14.0. The van der Waals surface area contributed by atoms with E-state index in [0.717, 1.165) is 42.6 Å². The molecule has 3 aromatic rings. The second-order valence-corrected chi connectivity index (χ2v) is 8.05. The molecule has 4 rings (SSSR count). The molecular formula is C24H28FN3O2. The molecule has 1 fully saturated rings. The molecule has 5 nitrogen and oxygen atoms in total. The van der Waals surface area contributed by atoms with Crippen LogP contribution in [0.4, 0.5) is 4.39 Å². The summed E-state index contributed by atoms with van der Waals surface area (Å²) < 4.78 is 21.3. The summed E-state index contributed by atoms with van der Waals surface area (Å²) in [6, 6.07) is 14.8. The number of amides is 1. The zero-order chi connectivity index (χ0) is 21.3. The van der Waals surface area contributed by atoms with Gasteiger partial charge in [0.1, 0.15) is 17.3 Å². The zero-order valence-corrected chi connectivity index (χ0v) is 17.8. The highest BCUT2D eigenvalue weighted by Crippen LogP contribution is 2.26. The molecule has 0 aliphatic carbocycles. The van der Waals surface area contributed by atoms with Gasteiger partial charge in [0.25, 0.3) is 5.91 Å². The number of halogens is 1. The molecule has 1 aromatic heterocycles. The van der Waals surface area contributed by atoms with Crippen LogP contribution >= 0.6 is 0 Å². The van der Waals surface area contributed by atoms with Crippen molar-refractivity contribution in [2.75, 3.05) is 27.2 Å². The Bertz CT molecular complexity index is 1060. The fourth-order valence-electron chi connectivity index (χ4n) is 4.35. The van der Waals surface area contributed by atoms with E-state index < -0.39 is 0 Å². The Morgan fingerprint density at radius 1 is 1.23 bits per heavy atom. The largest absolute Gasteiger partial charge is 0.497 e. The number of ether oxygens (including phenoxy) is 1. The van der Waals surface area contributed by atoms with Crippen molar-refractivity contribution in [3.05, 3.63) is 65.6 Å². The molecule has 2 heterocycles. The molecule has 0 spiro atoms. The van der Waals surface area contributed by atoms with Gasteiger partial charge in [-0.2, -0.15) is 0 Å². The number of hydrogen-bond donors (Lipinski definition) is 0. The third-order valence-electron chi connectivity index (χ3n) is 6.17. The third-order valence-corrected chi connectivity index (χ3v) is 6.17. The number of nitrogens with zero attached hydrogens (tertiary/aromatic N) is 3. The molecule has 1 amide bonds. The summed E-state index contributed by atoms with van der Waals surface area (Å²) in [5.74, 6) is 0.604. The number of carbonyl (C=O) groups is 1. The summed E-state index contributed by atoms with van der Waals surface area (Å²) in [5.41, 5.74) is 2.33. The van der Waals surface area contributed by atoms with Gasteiger partial charge in [-0.15, -0.1) is 0 Å². The molecule has 1 unspecified atom stereocenters. The first-order valence-electron chi connectivity index (χ1n) is 10.3. The molecular weight excluding hydrogens is 381 g/mol. The van der Waals surface area contributed by atoms with Crippen LogP contribution in [-0.2, 0) is 13.6 Å². The number of methoxy groups -OCH3 is 1. The Balaban J connectivity index is 1.50. The number of aryl methyl sites for hydroxylation is 1. The van der Waals surface area contributed by atoms with Crippen molar-refractivity contribution < 1.29 is 13.9 Å². The van der Waals surface area contributed by atoms with E-state index in [4.69, 9.17) is 4.74 Å². The summed E-state index contributed by atoms with van der Waals surface area (Å²) in [6.45, 7) is 2.23. The lowest BCUT2D eigenvalue weighted by molar-refractivity contribution is 0.0599. The van der Waals surface area contributed by atoms with Crippen LogP contribution in [0, 0.1) is 5.82 Å². The van der Waals surface area contributed by atoms with Gasteiger partial charge in [0.2, 0.25) is 0 Å². The molecule has 0 bridgehead atoms. The number of aromatic nitrogens is 1.